The van der Waals surface area contributed by atoms with Crippen LogP contribution >= 0.6 is 0 Å². The second-order valence-electron chi connectivity index (χ2n) is 4.16. The highest BCUT2D eigenvalue weighted by Crippen LogP contribution is 2.19. The van der Waals surface area contributed by atoms with Crippen molar-refractivity contribution in [3.63, 3.8) is 0 Å². The molecule has 1 unspecified atom stereocenters. The molecule has 0 bridgehead atoms. The quantitative estimate of drug-likeness (QED) is 0.765. The van der Waals surface area contributed by atoms with Crippen LogP contribution in [0.15, 0.2) is 42.5 Å². The zero-order valence-electron chi connectivity index (χ0n) is 10.5. The molecule has 0 saturated heterocycles. The second-order valence-corrected chi connectivity index (χ2v) is 4.16. The molecule has 0 saturated carbocycles. The average molecular weight is 264 g/mol. The van der Waals surface area contributed by atoms with Crippen molar-refractivity contribution in [3.05, 3.63) is 48.1 Å². The number of ether oxygens (including phenoxy) is 3. The fourth-order valence-electron chi connectivity index (χ4n) is 1.68. The van der Waals surface area contributed by atoms with E-state index in [9.17, 15) is 4.79 Å². The predicted molar refractivity (Wildman–Crippen MR) is 67.0 cm³/mol. The fourth-order valence-corrected chi connectivity index (χ4v) is 1.68. The monoisotopic (exact) mass is 264 g/mol. The van der Waals surface area contributed by atoms with Gasteiger partial charge in [0.2, 0.25) is 6.29 Å². The summed E-state index contributed by atoms with van der Waals surface area (Å²) < 4.78 is 16.0. The molecule has 0 amide bonds. The van der Waals surface area contributed by atoms with Gasteiger partial charge in [0.15, 0.2) is 6.26 Å². The van der Waals surface area contributed by atoms with Crippen molar-refractivity contribution in [3.8, 4) is 0 Å². The maximum Gasteiger partial charge on any atom is 0.318 e. The van der Waals surface area contributed by atoms with Crippen LogP contribution in [0.2, 0.25) is 0 Å². The number of carboxylic acid groups (broad SMARTS) is 1. The lowest BCUT2D eigenvalue weighted by molar-refractivity contribution is -0.137. The second kappa shape index (κ2) is 6.68. The molecule has 1 atom stereocenters. The summed E-state index contributed by atoms with van der Waals surface area (Å²) >= 11 is 0. The summed E-state index contributed by atoms with van der Waals surface area (Å²) in [6.07, 6.45) is 2.21. The van der Waals surface area contributed by atoms with Crippen LogP contribution in [0.5, 0.6) is 0 Å². The van der Waals surface area contributed by atoms with Crippen molar-refractivity contribution in [1.82, 2.24) is 0 Å². The molecule has 2 rings (SSSR count). The summed E-state index contributed by atoms with van der Waals surface area (Å²) in [6, 6.07) is 9.87. The van der Waals surface area contributed by atoms with Crippen molar-refractivity contribution >= 4 is 5.97 Å². The van der Waals surface area contributed by atoms with Gasteiger partial charge in [-0.15, -0.1) is 0 Å². The molecule has 5 nitrogen and oxygen atoms in total. The standard InChI is InChI=1S/C14H16O5/c15-12(16)7-4-8-17-14-10-18-13(19-14)9-11-5-2-1-3-6-11/h1-3,5-6,10,13H,4,7-9H2,(H,15,16). The lowest BCUT2D eigenvalue weighted by Gasteiger charge is -2.11. The molecular formula is C14H16O5. The molecule has 1 aromatic carbocycles. The van der Waals surface area contributed by atoms with E-state index in [4.69, 9.17) is 19.3 Å². The van der Waals surface area contributed by atoms with E-state index in [-0.39, 0.29) is 12.7 Å². The first kappa shape index (κ1) is 13.3. The van der Waals surface area contributed by atoms with Gasteiger partial charge in [0.1, 0.15) is 0 Å². The van der Waals surface area contributed by atoms with Crippen molar-refractivity contribution in [1.29, 1.82) is 0 Å². The molecule has 0 radical (unpaired) electrons. The summed E-state index contributed by atoms with van der Waals surface area (Å²) in [6.45, 7) is 0.305. The van der Waals surface area contributed by atoms with Crippen LogP contribution in [0.1, 0.15) is 18.4 Å². The van der Waals surface area contributed by atoms with Gasteiger partial charge in [-0.1, -0.05) is 30.3 Å². The Bertz CT molecular complexity index is 440. The Balaban J connectivity index is 1.66. The van der Waals surface area contributed by atoms with Gasteiger partial charge in [0.25, 0.3) is 0 Å². The van der Waals surface area contributed by atoms with E-state index in [1.807, 2.05) is 30.3 Å². The third-order valence-electron chi connectivity index (χ3n) is 2.59. The zero-order valence-corrected chi connectivity index (χ0v) is 10.5. The minimum Gasteiger partial charge on any atom is -0.481 e. The Morgan fingerprint density at radius 3 is 2.84 bits per heavy atom. The SMILES string of the molecule is O=C(O)CCCOC1=COC(Cc2ccccc2)O1. The van der Waals surface area contributed by atoms with Gasteiger partial charge in [-0.05, 0) is 12.0 Å². The zero-order chi connectivity index (χ0) is 13.5. The van der Waals surface area contributed by atoms with Crippen LogP contribution in [0.3, 0.4) is 0 Å². The number of carbonyl (C=O) groups is 1. The van der Waals surface area contributed by atoms with Crippen LogP contribution in [-0.4, -0.2) is 24.0 Å². The summed E-state index contributed by atoms with van der Waals surface area (Å²) in [5, 5.41) is 8.49. The molecule has 1 aliphatic rings. The van der Waals surface area contributed by atoms with E-state index in [0.717, 1.165) is 5.56 Å². The average Bonchev–Trinajstić information content (AvgIpc) is 2.83. The molecule has 19 heavy (non-hydrogen) atoms. The van der Waals surface area contributed by atoms with E-state index in [2.05, 4.69) is 0 Å². The molecule has 1 heterocycles. The van der Waals surface area contributed by atoms with Crippen molar-refractivity contribution in [2.75, 3.05) is 6.61 Å². The van der Waals surface area contributed by atoms with Gasteiger partial charge in [-0.2, -0.15) is 0 Å². The highest BCUT2D eigenvalue weighted by molar-refractivity contribution is 5.66. The largest absolute Gasteiger partial charge is 0.481 e. The normalized spacial score (nSPS) is 17.3. The minimum atomic E-state index is -0.830. The van der Waals surface area contributed by atoms with Crippen LogP contribution in [0.4, 0.5) is 0 Å². The molecule has 0 fully saturated rings. The van der Waals surface area contributed by atoms with Crippen LogP contribution in [-0.2, 0) is 25.4 Å². The first-order valence-corrected chi connectivity index (χ1v) is 6.15. The van der Waals surface area contributed by atoms with E-state index in [1.165, 1.54) is 6.26 Å². The van der Waals surface area contributed by atoms with Crippen molar-refractivity contribution in [2.45, 2.75) is 25.6 Å². The third-order valence-corrected chi connectivity index (χ3v) is 2.59. The van der Waals surface area contributed by atoms with E-state index < -0.39 is 5.97 Å². The van der Waals surface area contributed by atoms with Gasteiger partial charge >= 0.3 is 11.9 Å². The number of hydrogen-bond acceptors (Lipinski definition) is 4. The number of carboxylic acids is 1. The molecule has 102 valence electrons. The Kier molecular flexibility index (Phi) is 4.66. The Hall–Kier alpha value is -2.17. The first-order chi connectivity index (χ1) is 9.24. The van der Waals surface area contributed by atoms with Crippen LogP contribution in [0.25, 0.3) is 0 Å². The summed E-state index contributed by atoms with van der Waals surface area (Å²) in [5.74, 6) is -0.519. The summed E-state index contributed by atoms with van der Waals surface area (Å²) in [4.78, 5) is 10.3. The third kappa shape index (κ3) is 4.54. The number of aliphatic carboxylic acids is 1. The Morgan fingerprint density at radius 2 is 2.11 bits per heavy atom. The maximum absolute atomic E-state index is 10.3. The van der Waals surface area contributed by atoms with Crippen molar-refractivity contribution in [2.24, 2.45) is 0 Å². The smallest absolute Gasteiger partial charge is 0.318 e. The summed E-state index contributed by atoms with van der Waals surface area (Å²) in [7, 11) is 0. The number of hydrogen-bond donors (Lipinski definition) is 1. The van der Waals surface area contributed by atoms with Gasteiger partial charge < -0.3 is 19.3 Å². The highest BCUT2D eigenvalue weighted by Gasteiger charge is 2.20. The molecule has 1 aromatic rings. The van der Waals surface area contributed by atoms with Crippen LogP contribution < -0.4 is 0 Å². The van der Waals surface area contributed by atoms with Gasteiger partial charge in [-0.25, -0.2) is 0 Å². The van der Waals surface area contributed by atoms with E-state index >= 15 is 0 Å². The highest BCUT2D eigenvalue weighted by atomic mass is 16.8. The lowest BCUT2D eigenvalue weighted by atomic mass is 10.1. The Labute approximate surface area is 111 Å². The van der Waals surface area contributed by atoms with Gasteiger partial charge in [0.05, 0.1) is 6.61 Å². The topological polar surface area (TPSA) is 65.0 Å². The molecule has 1 N–H and O–H groups in total. The molecular weight excluding hydrogens is 248 g/mol. The van der Waals surface area contributed by atoms with E-state index in [0.29, 0.717) is 25.4 Å². The predicted octanol–water partition coefficient (Wildman–Crippen LogP) is 2.28. The molecule has 0 aliphatic carbocycles. The van der Waals surface area contributed by atoms with Crippen molar-refractivity contribution < 1.29 is 24.1 Å². The fraction of sp³-hybridized carbons (Fsp3) is 0.357. The molecule has 0 spiro atoms. The summed E-state index contributed by atoms with van der Waals surface area (Å²) in [5.41, 5.74) is 1.12. The van der Waals surface area contributed by atoms with Gasteiger partial charge in [-0.3, -0.25) is 4.79 Å². The first-order valence-electron chi connectivity index (χ1n) is 6.15. The number of rotatable bonds is 7. The molecule has 1 aliphatic heterocycles. The molecule has 5 heteroatoms. The van der Waals surface area contributed by atoms with Crippen LogP contribution in [0, 0.1) is 0 Å². The lowest BCUT2D eigenvalue weighted by Crippen LogP contribution is -2.13. The maximum atomic E-state index is 10.3. The minimum absolute atomic E-state index is 0.0849. The number of benzene rings is 1. The Morgan fingerprint density at radius 1 is 1.32 bits per heavy atom. The molecule has 0 aromatic heterocycles. The van der Waals surface area contributed by atoms with Gasteiger partial charge in [0, 0.05) is 12.8 Å². The van der Waals surface area contributed by atoms with E-state index in [1.54, 1.807) is 0 Å².